The number of carbonyl (C=O) groups is 1. The number of carboxylic acid groups (broad SMARTS) is 1. The van der Waals surface area contributed by atoms with Crippen LogP contribution in [0.25, 0.3) is 0 Å². The standard InChI is InChI=1S/C26H50F2O5Si/c1-7-17-26(27,28)23(33-34(5,6)25(2,3)4)15-12-14-20-19(21(29)18-22(20)30)13-10-8-9-11-16-24(31)32/h19-23,29-30H,7-18H2,1-6H3,(H,31,32)/t19-,20-,21-,22-,23+/m1/s1. The quantitative estimate of drug-likeness (QED) is 0.158. The third kappa shape index (κ3) is 9.82. The van der Waals surface area contributed by atoms with E-state index in [4.69, 9.17) is 9.53 Å². The third-order valence-electron chi connectivity index (χ3n) is 8.00. The van der Waals surface area contributed by atoms with E-state index in [1.165, 1.54) is 0 Å². The zero-order chi connectivity index (χ0) is 26.2. The van der Waals surface area contributed by atoms with E-state index in [1.54, 1.807) is 6.92 Å². The molecule has 0 amide bonds. The van der Waals surface area contributed by atoms with Crippen LogP contribution >= 0.6 is 0 Å². The lowest BCUT2D eigenvalue weighted by Gasteiger charge is -2.41. The lowest BCUT2D eigenvalue weighted by atomic mass is 9.84. The molecule has 5 nitrogen and oxygen atoms in total. The van der Waals surface area contributed by atoms with Gasteiger partial charge in [0.15, 0.2) is 8.32 Å². The van der Waals surface area contributed by atoms with Crippen molar-refractivity contribution in [3.8, 4) is 0 Å². The number of alkyl halides is 2. The Labute approximate surface area is 206 Å². The van der Waals surface area contributed by atoms with Crippen LogP contribution in [0.4, 0.5) is 8.78 Å². The summed E-state index contributed by atoms with van der Waals surface area (Å²) in [6.07, 6.45) is 3.81. The minimum Gasteiger partial charge on any atom is -0.481 e. The van der Waals surface area contributed by atoms with Gasteiger partial charge in [0.25, 0.3) is 5.92 Å². The highest BCUT2D eigenvalue weighted by Crippen LogP contribution is 2.43. The van der Waals surface area contributed by atoms with Gasteiger partial charge in [-0.2, -0.15) is 0 Å². The first kappa shape index (κ1) is 31.5. The minimum atomic E-state index is -2.88. The summed E-state index contributed by atoms with van der Waals surface area (Å²) in [7, 11) is -2.37. The van der Waals surface area contributed by atoms with E-state index >= 15 is 8.78 Å². The molecule has 0 radical (unpaired) electrons. The second-order valence-electron chi connectivity index (χ2n) is 11.9. The highest BCUT2D eigenvalue weighted by Gasteiger charge is 2.47. The van der Waals surface area contributed by atoms with Crippen LogP contribution in [-0.2, 0) is 9.22 Å². The maximum atomic E-state index is 15.0. The number of aliphatic hydroxyl groups is 2. The first-order chi connectivity index (χ1) is 15.6. The molecule has 0 aliphatic heterocycles. The molecule has 1 aliphatic carbocycles. The number of aliphatic carboxylic acids is 1. The maximum Gasteiger partial charge on any atom is 0.303 e. The van der Waals surface area contributed by atoms with E-state index in [1.807, 2.05) is 13.1 Å². The van der Waals surface area contributed by atoms with Crippen LogP contribution in [0, 0.1) is 11.8 Å². The Kier molecular flexibility index (Phi) is 12.6. The predicted molar refractivity (Wildman–Crippen MR) is 135 cm³/mol. The highest BCUT2D eigenvalue weighted by molar-refractivity contribution is 6.74. The van der Waals surface area contributed by atoms with Gasteiger partial charge in [-0.05, 0) is 62.1 Å². The molecule has 0 heterocycles. The molecule has 0 spiro atoms. The Morgan fingerprint density at radius 3 is 2.03 bits per heavy atom. The summed E-state index contributed by atoms with van der Waals surface area (Å²) in [5.41, 5.74) is 0. The Morgan fingerprint density at radius 2 is 1.53 bits per heavy atom. The van der Waals surface area contributed by atoms with Gasteiger partial charge < -0.3 is 19.7 Å². The van der Waals surface area contributed by atoms with Gasteiger partial charge in [0.05, 0.1) is 12.2 Å². The first-order valence-electron chi connectivity index (χ1n) is 13.3. The average Bonchev–Trinajstić information content (AvgIpc) is 2.95. The van der Waals surface area contributed by atoms with Crippen molar-refractivity contribution >= 4 is 14.3 Å². The van der Waals surface area contributed by atoms with E-state index in [9.17, 15) is 15.0 Å². The summed E-state index contributed by atoms with van der Waals surface area (Å²) >= 11 is 0. The topological polar surface area (TPSA) is 87.0 Å². The van der Waals surface area contributed by atoms with Crippen LogP contribution in [0.1, 0.15) is 105 Å². The van der Waals surface area contributed by atoms with Crippen LogP contribution in [0.2, 0.25) is 18.1 Å². The third-order valence-corrected chi connectivity index (χ3v) is 12.5. The average molecular weight is 509 g/mol. The molecule has 1 rings (SSSR count). The van der Waals surface area contributed by atoms with Crippen LogP contribution in [0.15, 0.2) is 0 Å². The van der Waals surface area contributed by atoms with Gasteiger partial charge in [-0.15, -0.1) is 0 Å². The lowest BCUT2D eigenvalue weighted by Crippen LogP contribution is -2.49. The van der Waals surface area contributed by atoms with Crippen molar-refractivity contribution in [2.75, 3.05) is 0 Å². The van der Waals surface area contributed by atoms with Gasteiger partial charge in [0.2, 0.25) is 0 Å². The number of hydrogen-bond donors (Lipinski definition) is 3. The van der Waals surface area contributed by atoms with E-state index in [-0.39, 0.29) is 36.1 Å². The summed E-state index contributed by atoms with van der Waals surface area (Å²) < 4.78 is 36.2. The zero-order valence-corrected chi connectivity index (χ0v) is 23.3. The van der Waals surface area contributed by atoms with Crippen LogP contribution in [-0.4, -0.2) is 53.8 Å². The fourth-order valence-electron chi connectivity index (χ4n) is 4.91. The first-order valence-corrected chi connectivity index (χ1v) is 16.2. The monoisotopic (exact) mass is 508 g/mol. The molecular formula is C26H50F2O5Si. The molecule has 0 aromatic rings. The zero-order valence-electron chi connectivity index (χ0n) is 22.3. The van der Waals surface area contributed by atoms with Crippen molar-refractivity contribution in [1.29, 1.82) is 0 Å². The molecule has 1 saturated carbocycles. The number of carboxylic acids is 1. The number of halogens is 2. The SMILES string of the molecule is CCCC(F)(F)[C@H](CCC[C@@H]1[C@@H](CCCCCCC(=O)O)[C@H](O)C[C@H]1O)O[Si](C)(C)C(C)(C)C. The highest BCUT2D eigenvalue weighted by atomic mass is 28.4. The molecule has 0 unspecified atom stereocenters. The van der Waals surface area contributed by atoms with Crippen molar-refractivity contribution in [3.05, 3.63) is 0 Å². The molecule has 3 N–H and O–H groups in total. The Balaban J connectivity index is 2.70. The summed E-state index contributed by atoms with van der Waals surface area (Å²) in [4.78, 5) is 10.6. The summed E-state index contributed by atoms with van der Waals surface area (Å²) in [5, 5.41) is 29.6. The number of rotatable bonds is 16. The van der Waals surface area contributed by atoms with Crippen molar-refractivity contribution < 1.29 is 33.3 Å². The van der Waals surface area contributed by atoms with Crippen molar-refractivity contribution in [2.24, 2.45) is 11.8 Å². The molecule has 34 heavy (non-hydrogen) atoms. The van der Waals surface area contributed by atoms with Gasteiger partial charge in [-0.1, -0.05) is 59.8 Å². The van der Waals surface area contributed by atoms with Crippen molar-refractivity contribution in [2.45, 2.75) is 147 Å². The second-order valence-corrected chi connectivity index (χ2v) is 16.6. The van der Waals surface area contributed by atoms with Crippen molar-refractivity contribution in [3.63, 3.8) is 0 Å². The lowest BCUT2D eigenvalue weighted by molar-refractivity contribution is -0.137. The van der Waals surface area contributed by atoms with Crippen LogP contribution < -0.4 is 0 Å². The van der Waals surface area contributed by atoms with Gasteiger partial charge >= 0.3 is 5.97 Å². The number of hydrogen-bond acceptors (Lipinski definition) is 4. The smallest absolute Gasteiger partial charge is 0.303 e. The van der Waals surface area contributed by atoms with Crippen LogP contribution in [0.3, 0.4) is 0 Å². The van der Waals surface area contributed by atoms with Gasteiger partial charge in [0, 0.05) is 12.8 Å². The molecule has 0 aromatic carbocycles. The van der Waals surface area contributed by atoms with Crippen LogP contribution in [0.5, 0.6) is 0 Å². The molecule has 0 bridgehead atoms. The minimum absolute atomic E-state index is 0.0367. The predicted octanol–water partition coefficient (Wildman–Crippen LogP) is 6.77. The Bertz CT molecular complexity index is 608. The molecule has 8 heteroatoms. The summed E-state index contributed by atoms with van der Waals surface area (Å²) in [5.74, 6) is -3.80. The normalized spacial score (nSPS) is 25.0. The molecule has 1 fully saturated rings. The largest absolute Gasteiger partial charge is 0.481 e. The van der Waals surface area contributed by atoms with Gasteiger partial charge in [0.1, 0.15) is 6.10 Å². The van der Waals surface area contributed by atoms with E-state index < -0.39 is 38.5 Å². The maximum absolute atomic E-state index is 15.0. The van der Waals surface area contributed by atoms with E-state index in [0.29, 0.717) is 32.1 Å². The van der Waals surface area contributed by atoms with Gasteiger partial charge in [-0.25, -0.2) is 8.78 Å². The Morgan fingerprint density at radius 1 is 1.00 bits per heavy atom. The molecule has 0 aromatic heterocycles. The molecule has 202 valence electrons. The second kappa shape index (κ2) is 13.7. The molecule has 5 atom stereocenters. The molecule has 0 saturated heterocycles. The van der Waals surface area contributed by atoms with E-state index in [2.05, 4.69) is 20.8 Å². The molecule has 1 aliphatic rings. The number of unbranched alkanes of at least 4 members (excludes halogenated alkanes) is 3. The Hall–Kier alpha value is -0.573. The van der Waals surface area contributed by atoms with E-state index in [0.717, 1.165) is 25.7 Å². The summed E-state index contributed by atoms with van der Waals surface area (Å²) in [6, 6.07) is 0. The molecular weight excluding hydrogens is 458 g/mol. The number of aliphatic hydroxyl groups excluding tert-OH is 2. The fraction of sp³-hybridized carbons (Fsp3) is 0.962. The fourth-order valence-corrected chi connectivity index (χ4v) is 6.27. The summed E-state index contributed by atoms with van der Waals surface area (Å²) in [6.45, 7) is 11.9. The van der Waals surface area contributed by atoms with Gasteiger partial charge in [-0.3, -0.25) is 4.79 Å². The van der Waals surface area contributed by atoms with Crippen molar-refractivity contribution in [1.82, 2.24) is 0 Å².